The number of aliphatic imine (C=N–C) groups is 1. The molecule has 126 valence electrons. The van der Waals surface area contributed by atoms with Crippen molar-refractivity contribution >= 4 is 51.7 Å². The molecule has 1 unspecified atom stereocenters. The van der Waals surface area contributed by atoms with Gasteiger partial charge in [-0.05, 0) is 32.4 Å². The molecule has 9 heteroatoms. The molecule has 0 aliphatic carbocycles. The normalized spacial score (nSPS) is 20.0. The van der Waals surface area contributed by atoms with Gasteiger partial charge in [0.25, 0.3) is 0 Å². The zero-order valence-corrected chi connectivity index (χ0v) is 17.1. The maximum atomic E-state index is 11.3. The van der Waals surface area contributed by atoms with Gasteiger partial charge in [-0.3, -0.25) is 4.99 Å². The van der Waals surface area contributed by atoms with E-state index in [2.05, 4.69) is 20.3 Å². The molecular formula is C12H27IN4O2S2. The Morgan fingerprint density at radius 1 is 1.38 bits per heavy atom. The lowest BCUT2D eigenvalue weighted by Gasteiger charge is -2.26. The van der Waals surface area contributed by atoms with Crippen LogP contribution in [0.1, 0.15) is 26.7 Å². The first-order chi connectivity index (χ1) is 9.22. The van der Waals surface area contributed by atoms with Gasteiger partial charge in [-0.15, -0.1) is 24.0 Å². The van der Waals surface area contributed by atoms with E-state index in [0.717, 1.165) is 6.54 Å². The van der Waals surface area contributed by atoms with Crippen molar-refractivity contribution in [1.29, 1.82) is 0 Å². The summed E-state index contributed by atoms with van der Waals surface area (Å²) in [6.45, 7) is 5.03. The zero-order chi connectivity index (χ0) is 15.2. The fourth-order valence-electron chi connectivity index (χ4n) is 2.08. The minimum atomic E-state index is -3.22. The van der Waals surface area contributed by atoms with E-state index in [1.165, 1.54) is 24.9 Å². The lowest BCUT2D eigenvalue weighted by molar-refractivity contribution is 0.446. The molecule has 1 fully saturated rings. The van der Waals surface area contributed by atoms with Crippen LogP contribution >= 0.6 is 35.7 Å². The summed E-state index contributed by atoms with van der Waals surface area (Å²) in [7, 11) is -1.50. The van der Waals surface area contributed by atoms with Gasteiger partial charge >= 0.3 is 0 Å². The third-order valence-corrected chi connectivity index (χ3v) is 5.23. The van der Waals surface area contributed by atoms with Gasteiger partial charge < -0.3 is 10.6 Å². The number of thioether (sulfide) groups is 1. The Morgan fingerprint density at radius 2 is 2.05 bits per heavy atom. The highest BCUT2D eigenvalue weighted by atomic mass is 127. The standard InChI is InChI=1S/C12H26N4O2S2.HI/c1-12(2,16-20(4,17)18)9-15-11(13-3)14-8-10-6-5-7-19-10;/h10,16H,5-9H2,1-4H3,(H2,13,14,15);1H. The van der Waals surface area contributed by atoms with Crippen LogP contribution in [0.15, 0.2) is 4.99 Å². The maximum Gasteiger partial charge on any atom is 0.209 e. The van der Waals surface area contributed by atoms with Crippen LogP contribution in [-0.2, 0) is 10.0 Å². The highest BCUT2D eigenvalue weighted by Crippen LogP contribution is 2.25. The van der Waals surface area contributed by atoms with Crippen LogP contribution in [-0.4, -0.2) is 57.3 Å². The number of nitrogens with zero attached hydrogens (tertiary/aromatic N) is 1. The number of guanidine groups is 1. The molecule has 0 aromatic heterocycles. The summed E-state index contributed by atoms with van der Waals surface area (Å²) in [5.41, 5.74) is -0.562. The molecule has 21 heavy (non-hydrogen) atoms. The van der Waals surface area contributed by atoms with E-state index in [-0.39, 0.29) is 24.0 Å². The smallest absolute Gasteiger partial charge is 0.209 e. The number of hydrogen-bond donors (Lipinski definition) is 3. The molecule has 1 rings (SSSR count). The summed E-state index contributed by atoms with van der Waals surface area (Å²) < 4.78 is 25.1. The third kappa shape index (κ3) is 9.80. The van der Waals surface area contributed by atoms with Crippen LogP contribution < -0.4 is 15.4 Å². The first-order valence-electron chi connectivity index (χ1n) is 6.77. The summed E-state index contributed by atoms with van der Waals surface area (Å²) in [6.07, 6.45) is 3.70. The fourth-order valence-corrected chi connectivity index (χ4v) is 4.36. The average Bonchev–Trinajstić information content (AvgIpc) is 2.79. The lowest BCUT2D eigenvalue weighted by atomic mass is 10.1. The number of nitrogens with one attached hydrogen (secondary N) is 3. The summed E-state index contributed by atoms with van der Waals surface area (Å²) >= 11 is 1.99. The Labute approximate surface area is 149 Å². The predicted octanol–water partition coefficient (Wildman–Crippen LogP) is 0.993. The SMILES string of the molecule is CN=C(NCC1CCCS1)NCC(C)(C)NS(C)(=O)=O.I. The van der Waals surface area contributed by atoms with Gasteiger partial charge in [0.2, 0.25) is 10.0 Å². The van der Waals surface area contributed by atoms with E-state index in [4.69, 9.17) is 0 Å². The van der Waals surface area contributed by atoms with Crippen LogP contribution in [0.2, 0.25) is 0 Å². The molecule has 0 bridgehead atoms. The quantitative estimate of drug-likeness (QED) is 0.320. The molecule has 0 saturated carbocycles. The van der Waals surface area contributed by atoms with Crippen molar-refractivity contribution in [3.63, 3.8) is 0 Å². The molecule has 0 aromatic carbocycles. The van der Waals surface area contributed by atoms with Crippen LogP contribution in [0, 0.1) is 0 Å². The Kier molecular flexibility index (Phi) is 9.53. The molecule has 1 aliphatic heterocycles. The summed E-state index contributed by atoms with van der Waals surface area (Å²) in [4.78, 5) is 4.16. The molecule has 1 saturated heterocycles. The minimum Gasteiger partial charge on any atom is -0.355 e. The van der Waals surface area contributed by atoms with E-state index < -0.39 is 15.6 Å². The molecule has 0 amide bonds. The molecule has 0 aromatic rings. The van der Waals surface area contributed by atoms with Gasteiger partial charge in [-0.1, -0.05) is 0 Å². The fraction of sp³-hybridized carbons (Fsp3) is 0.917. The van der Waals surface area contributed by atoms with Crippen molar-refractivity contribution < 1.29 is 8.42 Å². The highest BCUT2D eigenvalue weighted by Gasteiger charge is 2.22. The van der Waals surface area contributed by atoms with Gasteiger partial charge in [0.1, 0.15) is 0 Å². The van der Waals surface area contributed by atoms with Crippen molar-refractivity contribution in [3.05, 3.63) is 0 Å². The number of halogens is 1. The van der Waals surface area contributed by atoms with Gasteiger partial charge in [0, 0.05) is 30.9 Å². The minimum absolute atomic E-state index is 0. The van der Waals surface area contributed by atoms with E-state index in [1.807, 2.05) is 25.6 Å². The van der Waals surface area contributed by atoms with Crippen LogP contribution in [0.5, 0.6) is 0 Å². The van der Waals surface area contributed by atoms with Crippen molar-refractivity contribution in [3.8, 4) is 0 Å². The van der Waals surface area contributed by atoms with Gasteiger partial charge in [0.05, 0.1) is 6.26 Å². The Morgan fingerprint density at radius 3 is 2.52 bits per heavy atom. The van der Waals surface area contributed by atoms with Gasteiger partial charge in [0.15, 0.2) is 5.96 Å². The highest BCUT2D eigenvalue weighted by molar-refractivity contribution is 14.0. The number of rotatable bonds is 6. The average molecular weight is 450 g/mol. The number of hydrogen-bond acceptors (Lipinski definition) is 4. The third-order valence-electron chi connectivity index (χ3n) is 2.90. The molecule has 6 nitrogen and oxygen atoms in total. The maximum absolute atomic E-state index is 11.3. The van der Waals surface area contributed by atoms with E-state index in [0.29, 0.717) is 17.8 Å². The Balaban J connectivity index is 0.00000400. The first kappa shape index (κ1) is 21.3. The van der Waals surface area contributed by atoms with Gasteiger partial charge in [-0.2, -0.15) is 11.8 Å². The summed E-state index contributed by atoms with van der Waals surface area (Å²) in [6, 6.07) is 0. The monoisotopic (exact) mass is 450 g/mol. The zero-order valence-electron chi connectivity index (χ0n) is 13.1. The first-order valence-corrected chi connectivity index (χ1v) is 9.71. The van der Waals surface area contributed by atoms with Crippen molar-refractivity contribution in [2.75, 3.05) is 32.1 Å². The van der Waals surface area contributed by atoms with Crippen LogP contribution in [0.3, 0.4) is 0 Å². The predicted molar refractivity (Wildman–Crippen MR) is 102 cm³/mol. The van der Waals surface area contributed by atoms with E-state index >= 15 is 0 Å². The topological polar surface area (TPSA) is 82.6 Å². The van der Waals surface area contributed by atoms with Crippen molar-refractivity contribution in [2.45, 2.75) is 37.5 Å². The molecule has 0 spiro atoms. The van der Waals surface area contributed by atoms with E-state index in [1.54, 1.807) is 7.05 Å². The van der Waals surface area contributed by atoms with Crippen molar-refractivity contribution in [1.82, 2.24) is 15.4 Å². The number of sulfonamides is 1. The molecule has 1 heterocycles. The second kappa shape index (κ2) is 9.41. The summed E-state index contributed by atoms with van der Waals surface area (Å²) in [5.74, 6) is 1.95. The van der Waals surface area contributed by atoms with Crippen molar-refractivity contribution in [2.24, 2.45) is 4.99 Å². The molecule has 3 N–H and O–H groups in total. The van der Waals surface area contributed by atoms with Crippen LogP contribution in [0.25, 0.3) is 0 Å². The Bertz CT molecular complexity index is 435. The lowest BCUT2D eigenvalue weighted by Crippen LogP contribution is -2.53. The Hall–Kier alpha value is 0.260. The van der Waals surface area contributed by atoms with Crippen LogP contribution in [0.4, 0.5) is 0 Å². The molecular weight excluding hydrogens is 423 g/mol. The molecule has 1 aliphatic rings. The molecule has 0 radical (unpaired) electrons. The largest absolute Gasteiger partial charge is 0.355 e. The summed E-state index contributed by atoms with van der Waals surface area (Å²) in [5, 5.41) is 7.10. The van der Waals surface area contributed by atoms with Gasteiger partial charge in [-0.25, -0.2) is 13.1 Å². The molecule has 1 atom stereocenters. The second-order valence-electron chi connectivity index (χ2n) is 5.70. The van der Waals surface area contributed by atoms with E-state index in [9.17, 15) is 8.42 Å². The second-order valence-corrected chi connectivity index (χ2v) is 8.86.